The van der Waals surface area contributed by atoms with Crippen molar-refractivity contribution in [1.29, 1.82) is 0 Å². The molecule has 1 N–H and O–H groups in total. The van der Waals surface area contributed by atoms with E-state index in [9.17, 15) is 9.59 Å². The minimum absolute atomic E-state index is 0.140. The first kappa shape index (κ1) is 9.97. The van der Waals surface area contributed by atoms with Crippen LogP contribution in [0.2, 0.25) is 0 Å². The number of carboxylic acids is 1. The van der Waals surface area contributed by atoms with Gasteiger partial charge in [-0.15, -0.1) is 6.58 Å². The van der Waals surface area contributed by atoms with Crippen LogP contribution < -0.4 is 0 Å². The molecule has 6 nitrogen and oxygen atoms in total. The van der Waals surface area contributed by atoms with Crippen LogP contribution in [0.4, 0.5) is 4.79 Å². The van der Waals surface area contributed by atoms with Crippen molar-refractivity contribution in [2.75, 3.05) is 13.2 Å². The van der Waals surface area contributed by atoms with E-state index in [1.165, 1.54) is 9.96 Å². The van der Waals surface area contributed by atoms with Crippen molar-refractivity contribution >= 4 is 12.0 Å². The average molecular weight is 212 g/mol. The van der Waals surface area contributed by atoms with Gasteiger partial charge in [0.2, 0.25) is 0 Å². The maximum atomic E-state index is 11.6. The van der Waals surface area contributed by atoms with Crippen molar-refractivity contribution in [3.63, 3.8) is 0 Å². The molecular formula is C9H12N2O4. The molecule has 2 fully saturated rings. The fraction of sp³-hybridized carbons (Fsp3) is 0.556. The highest BCUT2D eigenvalue weighted by Gasteiger charge is 2.51. The molecule has 6 heteroatoms. The monoisotopic (exact) mass is 212 g/mol. The Morgan fingerprint density at radius 2 is 2.47 bits per heavy atom. The standard InChI is InChI=1S/C9H12N2O4/c1-2-3-15-11-6-4-7(8(12)13)10(5-6)9(11)14/h2,6-7H,1,3-5H2,(H,12,13)/t6-,7?/m0/s1. The van der Waals surface area contributed by atoms with E-state index >= 15 is 0 Å². The predicted octanol–water partition coefficient (Wildman–Crippen LogP) is 0.0671. The molecule has 2 saturated heterocycles. The Morgan fingerprint density at radius 1 is 1.73 bits per heavy atom. The summed E-state index contributed by atoms with van der Waals surface area (Å²) in [5.41, 5.74) is 0. The van der Waals surface area contributed by atoms with E-state index in [2.05, 4.69) is 6.58 Å². The molecule has 0 radical (unpaired) electrons. The lowest BCUT2D eigenvalue weighted by atomic mass is 10.1. The van der Waals surface area contributed by atoms with Gasteiger partial charge in [-0.1, -0.05) is 6.08 Å². The number of amides is 2. The van der Waals surface area contributed by atoms with E-state index in [0.29, 0.717) is 13.0 Å². The van der Waals surface area contributed by atoms with E-state index in [1.54, 1.807) is 6.08 Å². The van der Waals surface area contributed by atoms with Gasteiger partial charge in [0.25, 0.3) is 0 Å². The van der Waals surface area contributed by atoms with Gasteiger partial charge in [0, 0.05) is 13.0 Å². The van der Waals surface area contributed by atoms with Crippen LogP contribution in [0, 0.1) is 0 Å². The van der Waals surface area contributed by atoms with Gasteiger partial charge in [0.05, 0.1) is 12.6 Å². The van der Waals surface area contributed by atoms with Crippen LogP contribution in [0.1, 0.15) is 6.42 Å². The third kappa shape index (κ3) is 1.46. The summed E-state index contributed by atoms with van der Waals surface area (Å²) in [7, 11) is 0. The van der Waals surface area contributed by atoms with Gasteiger partial charge in [-0.2, -0.15) is 5.06 Å². The summed E-state index contributed by atoms with van der Waals surface area (Å²) in [6.07, 6.45) is 1.97. The third-order valence-corrected chi connectivity index (χ3v) is 2.66. The summed E-state index contributed by atoms with van der Waals surface area (Å²) in [6.45, 7) is 4.18. The molecule has 0 saturated carbocycles. The van der Waals surface area contributed by atoms with E-state index in [0.717, 1.165) is 0 Å². The summed E-state index contributed by atoms with van der Waals surface area (Å²) >= 11 is 0. The molecule has 2 atom stereocenters. The van der Waals surface area contributed by atoms with Crippen LogP contribution in [0.15, 0.2) is 12.7 Å². The largest absolute Gasteiger partial charge is 0.480 e. The minimum Gasteiger partial charge on any atom is -0.480 e. The van der Waals surface area contributed by atoms with Crippen LogP contribution in [0.5, 0.6) is 0 Å². The molecule has 2 amide bonds. The zero-order valence-corrected chi connectivity index (χ0v) is 8.13. The quantitative estimate of drug-likeness (QED) is 0.669. The Balaban J connectivity index is 2.04. The Morgan fingerprint density at radius 3 is 3.00 bits per heavy atom. The zero-order chi connectivity index (χ0) is 11.0. The fourth-order valence-electron chi connectivity index (χ4n) is 2.01. The first-order valence-corrected chi connectivity index (χ1v) is 4.71. The second kappa shape index (κ2) is 3.54. The summed E-state index contributed by atoms with van der Waals surface area (Å²) in [4.78, 5) is 28.9. The minimum atomic E-state index is -0.950. The maximum absolute atomic E-state index is 11.6. The van der Waals surface area contributed by atoms with Gasteiger partial charge in [-0.05, 0) is 0 Å². The number of carbonyl (C=O) groups excluding carboxylic acids is 1. The molecule has 2 bridgehead atoms. The van der Waals surface area contributed by atoms with Crippen molar-refractivity contribution in [3.05, 3.63) is 12.7 Å². The molecule has 2 aliphatic heterocycles. The number of carbonyl (C=O) groups is 2. The number of hydroxylamine groups is 2. The summed E-state index contributed by atoms with van der Waals surface area (Å²) in [6, 6.07) is -1.19. The molecule has 82 valence electrons. The highest BCUT2D eigenvalue weighted by Crippen LogP contribution is 2.31. The number of rotatable bonds is 4. The van der Waals surface area contributed by atoms with E-state index < -0.39 is 12.0 Å². The van der Waals surface area contributed by atoms with Crippen LogP contribution >= 0.6 is 0 Å². The predicted molar refractivity (Wildman–Crippen MR) is 49.9 cm³/mol. The van der Waals surface area contributed by atoms with E-state index in [-0.39, 0.29) is 18.7 Å². The molecule has 2 heterocycles. The lowest BCUT2D eigenvalue weighted by Crippen LogP contribution is -2.48. The fourth-order valence-corrected chi connectivity index (χ4v) is 2.01. The Kier molecular flexibility index (Phi) is 2.36. The van der Waals surface area contributed by atoms with Crippen molar-refractivity contribution in [2.45, 2.75) is 18.5 Å². The normalized spacial score (nSPS) is 28.7. The van der Waals surface area contributed by atoms with Gasteiger partial charge in [-0.3, -0.25) is 4.84 Å². The number of hydrogen-bond acceptors (Lipinski definition) is 3. The van der Waals surface area contributed by atoms with Crippen LogP contribution in [0.3, 0.4) is 0 Å². The number of fused-ring (bicyclic) bond motifs is 2. The number of hydrogen-bond donors (Lipinski definition) is 1. The van der Waals surface area contributed by atoms with E-state index in [1.807, 2.05) is 0 Å². The first-order valence-electron chi connectivity index (χ1n) is 4.71. The van der Waals surface area contributed by atoms with Crippen molar-refractivity contribution in [1.82, 2.24) is 9.96 Å². The molecule has 0 aromatic carbocycles. The lowest BCUT2D eigenvalue weighted by molar-refractivity contribution is -0.148. The number of carboxylic acid groups (broad SMARTS) is 1. The number of urea groups is 1. The summed E-state index contributed by atoms with van der Waals surface area (Å²) in [5, 5.41) is 10.1. The molecule has 0 aromatic heterocycles. The molecule has 0 spiro atoms. The molecule has 1 unspecified atom stereocenters. The molecule has 0 aliphatic carbocycles. The van der Waals surface area contributed by atoms with Gasteiger partial charge < -0.3 is 10.0 Å². The molecule has 15 heavy (non-hydrogen) atoms. The topological polar surface area (TPSA) is 70.1 Å². The first-order chi connectivity index (χ1) is 7.15. The Hall–Kier alpha value is -1.56. The zero-order valence-electron chi connectivity index (χ0n) is 8.13. The lowest BCUT2D eigenvalue weighted by Gasteiger charge is -2.28. The molecular weight excluding hydrogens is 200 g/mol. The van der Waals surface area contributed by atoms with Gasteiger partial charge in [0.15, 0.2) is 0 Å². The van der Waals surface area contributed by atoms with Gasteiger partial charge >= 0.3 is 12.0 Å². The highest BCUT2D eigenvalue weighted by atomic mass is 16.7. The summed E-state index contributed by atoms with van der Waals surface area (Å²) in [5.74, 6) is -0.950. The molecule has 0 aromatic rings. The Labute approximate surface area is 86.7 Å². The Bertz CT molecular complexity index is 317. The number of nitrogens with zero attached hydrogens (tertiary/aromatic N) is 2. The summed E-state index contributed by atoms with van der Waals surface area (Å²) < 4.78 is 0. The van der Waals surface area contributed by atoms with Gasteiger partial charge in [0.1, 0.15) is 6.04 Å². The van der Waals surface area contributed by atoms with Crippen LogP contribution in [0.25, 0.3) is 0 Å². The number of aliphatic carboxylic acids is 1. The van der Waals surface area contributed by atoms with Gasteiger partial charge in [-0.25, -0.2) is 9.59 Å². The second-order valence-corrected chi connectivity index (χ2v) is 3.59. The van der Waals surface area contributed by atoms with Crippen molar-refractivity contribution < 1.29 is 19.5 Å². The SMILES string of the molecule is C=CCON1C(=O)N2C[C@@H]1CC2C(=O)O. The van der Waals surface area contributed by atoms with Crippen molar-refractivity contribution in [3.8, 4) is 0 Å². The molecule has 2 rings (SSSR count). The van der Waals surface area contributed by atoms with Crippen LogP contribution in [-0.2, 0) is 9.63 Å². The smallest absolute Gasteiger partial charge is 0.345 e. The van der Waals surface area contributed by atoms with Crippen LogP contribution in [-0.4, -0.2) is 52.3 Å². The molecule has 2 aliphatic rings. The highest BCUT2D eigenvalue weighted by molar-refractivity contribution is 5.85. The third-order valence-electron chi connectivity index (χ3n) is 2.66. The van der Waals surface area contributed by atoms with E-state index in [4.69, 9.17) is 9.94 Å². The maximum Gasteiger partial charge on any atom is 0.345 e. The average Bonchev–Trinajstić information content (AvgIpc) is 2.73. The van der Waals surface area contributed by atoms with Crippen molar-refractivity contribution in [2.24, 2.45) is 0 Å². The second-order valence-electron chi connectivity index (χ2n) is 3.59.